The maximum absolute atomic E-state index is 13.2. The average molecular weight is 551 g/mol. The summed E-state index contributed by atoms with van der Waals surface area (Å²) in [5.74, 6) is 3.74. The van der Waals surface area contributed by atoms with E-state index in [1.165, 1.54) is 31.2 Å². The number of hydroxylamine groups is 1. The zero-order valence-corrected chi connectivity index (χ0v) is 20.8. The largest absolute Gasteiger partial charge is 0.462 e. The van der Waals surface area contributed by atoms with Crippen molar-refractivity contribution in [2.24, 2.45) is 0 Å². The van der Waals surface area contributed by atoms with Gasteiger partial charge < -0.3 is 35.2 Å². The summed E-state index contributed by atoms with van der Waals surface area (Å²) in [4.78, 5) is 24.2. The molecule has 0 radical (unpaired) electrons. The first-order chi connectivity index (χ1) is 18.3. The van der Waals surface area contributed by atoms with Crippen molar-refractivity contribution in [3.63, 3.8) is 0 Å². The van der Waals surface area contributed by atoms with E-state index in [0.717, 1.165) is 5.48 Å². The molecule has 0 spiro atoms. The minimum atomic E-state index is -3.39. The molecule has 1 aliphatic rings. The molecule has 2 aromatic carbocycles. The third kappa shape index (κ3) is 7.07. The SMILES string of the molecule is C[C@@H]1O[C@@H](Oc2ccc(C#Cc3ccc(C(=O)N[C@H](C(=O)NO)[C@](C)(O)C(F)F)cc3)cc2)[C@@H](O)[C@H](O)[C@@H]1O. The van der Waals surface area contributed by atoms with Crippen LogP contribution in [0.2, 0.25) is 0 Å². The highest BCUT2D eigenvalue weighted by Crippen LogP contribution is 2.24. The van der Waals surface area contributed by atoms with E-state index in [2.05, 4.69) is 11.8 Å². The number of aliphatic hydroxyl groups is 4. The molecular weight excluding hydrogens is 522 g/mol. The van der Waals surface area contributed by atoms with Crippen molar-refractivity contribution in [2.45, 2.75) is 62.6 Å². The first-order valence-electron chi connectivity index (χ1n) is 11.7. The third-order valence-electron chi connectivity index (χ3n) is 6.09. The predicted octanol–water partition coefficient (Wildman–Crippen LogP) is -0.0874. The van der Waals surface area contributed by atoms with Crippen molar-refractivity contribution in [3.8, 4) is 17.6 Å². The van der Waals surface area contributed by atoms with E-state index in [1.807, 2.05) is 5.32 Å². The normalized spacial score (nSPS) is 25.0. The number of halogens is 2. The smallest absolute Gasteiger partial charge is 0.269 e. The van der Waals surface area contributed by atoms with Gasteiger partial charge in [0.25, 0.3) is 18.2 Å². The molecule has 1 heterocycles. The molecule has 2 aromatic rings. The molecule has 1 aliphatic heterocycles. The average Bonchev–Trinajstić information content (AvgIpc) is 2.92. The van der Waals surface area contributed by atoms with Crippen LogP contribution in [0, 0.1) is 11.8 Å². The molecule has 11 nitrogen and oxygen atoms in total. The summed E-state index contributed by atoms with van der Waals surface area (Å²) in [5.41, 5.74) is -0.726. The molecule has 13 heteroatoms. The number of hydrogen-bond acceptors (Lipinski definition) is 9. The first-order valence-corrected chi connectivity index (χ1v) is 11.7. The number of nitrogens with one attached hydrogen (secondary N) is 2. The van der Waals surface area contributed by atoms with E-state index >= 15 is 0 Å². The quantitative estimate of drug-likeness (QED) is 0.141. The molecule has 1 fully saturated rings. The fourth-order valence-corrected chi connectivity index (χ4v) is 3.59. The Bertz CT molecular complexity index is 1210. The van der Waals surface area contributed by atoms with Crippen molar-refractivity contribution in [1.29, 1.82) is 0 Å². The Morgan fingerprint density at radius 1 is 0.974 bits per heavy atom. The van der Waals surface area contributed by atoms with Gasteiger partial charge in [0.05, 0.1) is 6.10 Å². The van der Waals surface area contributed by atoms with E-state index in [0.29, 0.717) is 23.8 Å². The number of rotatable bonds is 7. The molecule has 39 heavy (non-hydrogen) atoms. The molecule has 7 N–H and O–H groups in total. The lowest BCUT2D eigenvalue weighted by atomic mass is 9.95. The summed E-state index contributed by atoms with van der Waals surface area (Å²) in [6, 6.07) is 9.92. The van der Waals surface area contributed by atoms with Crippen LogP contribution < -0.4 is 15.5 Å². The Morgan fingerprint density at radius 2 is 1.51 bits per heavy atom. The van der Waals surface area contributed by atoms with Crippen molar-refractivity contribution in [1.82, 2.24) is 10.8 Å². The summed E-state index contributed by atoms with van der Waals surface area (Å²) < 4.78 is 37.3. The van der Waals surface area contributed by atoms with E-state index in [-0.39, 0.29) is 5.56 Å². The lowest BCUT2D eigenvalue weighted by Gasteiger charge is -2.38. The number of ether oxygens (including phenoxy) is 2. The van der Waals surface area contributed by atoms with Gasteiger partial charge in [0.2, 0.25) is 6.29 Å². The Morgan fingerprint density at radius 3 is 2.03 bits per heavy atom. The molecule has 0 aliphatic carbocycles. The molecule has 0 aromatic heterocycles. The van der Waals surface area contributed by atoms with E-state index in [9.17, 15) is 38.8 Å². The lowest BCUT2D eigenvalue weighted by Crippen LogP contribution is -2.61. The monoisotopic (exact) mass is 550 g/mol. The van der Waals surface area contributed by atoms with Gasteiger partial charge in [-0.3, -0.25) is 14.8 Å². The summed E-state index contributed by atoms with van der Waals surface area (Å²) in [5, 5.41) is 50.4. The molecule has 1 saturated heterocycles. The van der Waals surface area contributed by atoms with Crippen LogP contribution >= 0.6 is 0 Å². The third-order valence-corrected chi connectivity index (χ3v) is 6.09. The standard InChI is InChI=1S/C26H28F2N2O9/c1-13-18(31)19(32)20(33)24(38-13)39-17-11-7-15(8-12-17)4-3-14-5-9-16(10-6-14)22(34)29-21(23(35)30-37)26(2,36)25(27)28/h5-13,18-21,24-25,31-33,36-37H,1-2H3,(H,29,34)(H,30,35)/t13-,18+,19+,20-,21+,24-,26-/m0/s1. The zero-order valence-electron chi connectivity index (χ0n) is 20.8. The molecule has 0 unspecified atom stereocenters. The topological polar surface area (TPSA) is 178 Å². The number of carbonyl (C=O) groups excluding carboxylic acids is 2. The maximum Gasteiger partial charge on any atom is 0.269 e. The van der Waals surface area contributed by atoms with Gasteiger partial charge in [0.15, 0.2) is 5.60 Å². The van der Waals surface area contributed by atoms with Gasteiger partial charge in [0, 0.05) is 16.7 Å². The summed E-state index contributed by atoms with van der Waals surface area (Å²) in [6.07, 6.45) is -9.43. The van der Waals surface area contributed by atoms with Gasteiger partial charge in [0.1, 0.15) is 30.1 Å². The summed E-state index contributed by atoms with van der Waals surface area (Å²) in [6.45, 7) is 2.19. The maximum atomic E-state index is 13.2. The number of aliphatic hydroxyl groups excluding tert-OH is 3. The van der Waals surface area contributed by atoms with Crippen LogP contribution in [0.15, 0.2) is 48.5 Å². The van der Waals surface area contributed by atoms with Crippen LogP contribution in [0.3, 0.4) is 0 Å². The van der Waals surface area contributed by atoms with Crippen molar-refractivity contribution in [2.75, 3.05) is 0 Å². The predicted molar refractivity (Wildman–Crippen MR) is 130 cm³/mol. The number of carbonyl (C=O) groups is 2. The van der Waals surface area contributed by atoms with Crippen LogP contribution in [-0.4, -0.2) is 86.2 Å². The second-order valence-corrected chi connectivity index (χ2v) is 9.06. The van der Waals surface area contributed by atoms with Crippen molar-refractivity contribution < 1.29 is 53.5 Å². The Hall–Kier alpha value is -3.64. The van der Waals surface area contributed by atoms with Gasteiger partial charge in [-0.15, -0.1) is 0 Å². The molecule has 2 amide bonds. The second kappa shape index (κ2) is 12.5. The minimum absolute atomic E-state index is 0.0121. The molecule has 0 bridgehead atoms. The van der Waals surface area contributed by atoms with E-state index < -0.39 is 60.6 Å². The van der Waals surface area contributed by atoms with E-state index in [1.54, 1.807) is 24.3 Å². The highest BCUT2D eigenvalue weighted by molar-refractivity contribution is 5.97. The van der Waals surface area contributed by atoms with Crippen LogP contribution in [-0.2, 0) is 9.53 Å². The van der Waals surface area contributed by atoms with Crippen LogP contribution in [0.5, 0.6) is 5.75 Å². The molecule has 7 atom stereocenters. The van der Waals surface area contributed by atoms with Crippen LogP contribution in [0.4, 0.5) is 8.78 Å². The fourth-order valence-electron chi connectivity index (χ4n) is 3.59. The second-order valence-electron chi connectivity index (χ2n) is 9.06. The van der Waals surface area contributed by atoms with Crippen LogP contribution in [0.25, 0.3) is 0 Å². The highest BCUT2D eigenvalue weighted by atomic mass is 19.3. The Kier molecular flexibility index (Phi) is 9.57. The first kappa shape index (κ1) is 29.9. The van der Waals surface area contributed by atoms with Gasteiger partial charge in [-0.05, 0) is 62.4 Å². The fraction of sp³-hybridized carbons (Fsp3) is 0.385. The highest BCUT2D eigenvalue weighted by Gasteiger charge is 2.46. The van der Waals surface area contributed by atoms with E-state index in [4.69, 9.17) is 14.7 Å². The molecular formula is C26H28F2N2O9. The Labute approximate surface area is 221 Å². The molecule has 210 valence electrons. The zero-order chi connectivity index (χ0) is 28.9. The number of benzene rings is 2. The number of hydrogen-bond donors (Lipinski definition) is 7. The Balaban J connectivity index is 1.64. The number of amides is 2. The minimum Gasteiger partial charge on any atom is -0.462 e. The summed E-state index contributed by atoms with van der Waals surface area (Å²) >= 11 is 0. The van der Waals surface area contributed by atoms with Gasteiger partial charge in [-0.25, -0.2) is 14.3 Å². The molecule has 0 saturated carbocycles. The van der Waals surface area contributed by atoms with Gasteiger partial charge in [-0.2, -0.15) is 0 Å². The molecule has 3 rings (SSSR count). The summed E-state index contributed by atoms with van der Waals surface area (Å²) in [7, 11) is 0. The van der Waals surface area contributed by atoms with Gasteiger partial charge >= 0.3 is 0 Å². The van der Waals surface area contributed by atoms with Gasteiger partial charge in [-0.1, -0.05) is 11.8 Å². The lowest BCUT2D eigenvalue weighted by molar-refractivity contribution is -0.268. The van der Waals surface area contributed by atoms with Crippen molar-refractivity contribution in [3.05, 3.63) is 65.2 Å². The van der Waals surface area contributed by atoms with Crippen molar-refractivity contribution >= 4 is 11.8 Å². The number of alkyl halides is 2. The van der Waals surface area contributed by atoms with Crippen LogP contribution in [0.1, 0.15) is 35.3 Å².